The number of aryl methyl sites for hydroxylation is 2. The molecule has 3 nitrogen and oxygen atoms in total. The number of hydrogen-bond donors (Lipinski definition) is 0. The third-order valence-electron chi connectivity index (χ3n) is 2.91. The lowest BCUT2D eigenvalue weighted by atomic mass is 10.4. The van der Waals surface area contributed by atoms with Crippen LogP contribution in [0.3, 0.4) is 0 Å². The van der Waals surface area contributed by atoms with Crippen molar-refractivity contribution in [3.63, 3.8) is 0 Å². The molecule has 0 aromatic carbocycles. The largest absolute Gasteiger partial charge is 0.381 e. The van der Waals surface area contributed by atoms with E-state index in [1.54, 1.807) is 0 Å². The van der Waals surface area contributed by atoms with Gasteiger partial charge in [-0.25, -0.2) is 9.13 Å². The number of nitrogens with zero attached hydrogens (tertiary/aromatic N) is 2. The zero-order valence-electron chi connectivity index (χ0n) is 11.6. The van der Waals surface area contributed by atoms with Crippen molar-refractivity contribution in [1.82, 2.24) is 4.57 Å². The van der Waals surface area contributed by atoms with E-state index in [1.807, 2.05) is 0 Å². The molecule has 0 aliphatic carbocycles. The Hall–Kier alpha value is -0.830. The molecule has 0 unspecified atom stereocenters. The zero-order valence-corrected chi connectivity index (χ0v) is 11.6. The average Bonchev–Trinajstić information content (AvgIpc) is 2.72. The number of rotatable bonds is 9. The second-order valence-electron chi connectivity index (χ2n) is 4.42. The molecule has 0 aliphatic heterocycles. The lowest BCUT2D eigenvalue weighted by molar-refractivity contribution is -0.703. The van der Waals surface area contributed by atoms with E-state index in [0.29, 0.717) is 0 Å². The van der Waals surface area contributed by atoms with Gasteiger partial charge in [0.05, 0.1) is 19.7 Å². The van der Waals surface area contributed by atoms with Gasteiger partial charge in [0.15, 0.2) is 0 Å². The highest BCUT2D eigenvalue weighted by atomic mass is 16.5. The minimum absolute atomic E-state index is 0.878. The van der Waals surface area contributed by atoms with Crippen molar-refractivity contribution in [1.29, 1.82) is 0 Å². The molecule has 17 heavy (non-hydrogen) atoms. The van der Waals surface area contributed by atoms with E-state index >= 15 is 0 Å². The van der Waals surface area contributed by atoms with Crippen molar-refractivity contribution < 1.29 is 9.30 Å². The van der Waals surface area contributed by atoms with E-state index in [1.165, 1.54) is 12.2 Å². The maximum Gasteiger partial charge on any atom is 0.256 e. The maximum absolute atomic E-state index is 5.51. The van der Waals surface area contributed by atoms with Crippen LogP contribution in [0.4, 0.5) is 0 Å². The fourth-order valence-electron chi connectivity index (χ4n) is 2.14. The Morgan fingerprint density at radius 3 is 2.65 bits per heavy atom. The van der Waals surface area contributed by atoms with Gasteiger partial charge in [0, 0.05) is 19.4 Å². The van der Waals surface area contributed by atoms with E-state index in [-0.39, 0.29) is 0 Å². The Kier molecular flexibility index (Phi) is 6.94. The maximum atomic E-state index is 5.51. The first kappa shape index (κ1) is 14.2. The van der Waals surface area contributed by atoms with Crippen LogP contribution < -0.4 is 4.57 Å². The van der Waals surface area contributed by atoms with Crippen LogP contribution in [0.5, 0.6) is 0 Å². The fraction of sp³-hybridized carbons (Fsp3) is 0.786. The highest BCUT2D eigenvalue weighted by molar-refractivity contribution is 4.82. The lowest BCUT2D eigenvalue weighted by Crippen LogP contribution is -2.36. The standard InChI is InChI=1S/C14H27N2O/c1-4-8-15-10-11-16(14(15)6-3)9-7-13-17-12-5-2/h10-11H,4-9,12-13H2,1-3H3/q+1. The molecule has 0 fully saturated rings. The van der Waals surface area contributed by atoms with Gasteiger partial charge in [0.1, 0.15) is 12.4 Å². The Morgan fingerprint density at radius 1 is 1.18 bits per heavy atom. The minimum atomic E-state index is 0.878. The summed E-state index contributed by atoms with van der Waals surface area (Å²) in [6.45, 7) is 10.6. The summed E-state index contributed by atoms with van der Waals surface area (Å²) in [5, 5.41) is 0. The molecular weight excluding hydrogens is 212 g/mol. The van der Waals surface area contributed by atoms with Crippen molar-refractivity contribution in [2.45, 2.75) is 59.5 Å². The molecule has 98 valence electrons. The Morgan fingerprint density at radius 2 is 2.00 bits per heavy atom. The smallest absolute Gasteiger partial charge is 0.256 e. The SMILES string of the molecule is CCCOCCCn1cc[n+](CCC)c1CC. The fourth-order valence-corrected chi connectivity index (χ4v) is 2.14. The quantitative estimate of drug-likeness (QED) is 0.478. The second-order valence-corrected chi connectivity index (χ2v) is 4.42. The van der Waals surface area contributed by atoms with Crippen LogP contribution in [0.25, 0.3) is 0 Å². The van der Waals surface area contributed by atoms with E-state index in [9.17, 15) is 0 Å². The molecule has 0 aliphatic rings. The molecule has 1 heterocycles. The summed E-state index contributed by atoms with van der Waals surface area (Å²) in [6, 6.07) is 0. The number of ether oxygens (including phenoxy) is 1. The number of aromatic nitrogens is 2. The van der Waals surface area contributed by atoms with Gasteiger partial charge in [-0.3, -0.25) is 0 Å². The van der Waals surface area contributed by atoms with E-state index in [4.69, 9.17) is 4.74 Å². The molecule has 0 atom stereocenters. The van der Waals surface area contributed by atoms with Crippen molar-refractivity contribution >= 4 is 0 Å². The van der Waals surface area contributed by atoms with Gasteiger partial charge in [0.2, 0.25) is 0 Å². The highest BCUT2D eigenvalue weighted by Gasteiger charge is 2.13. The van der Waals surface area contributed by atoms with E-state index < -0.39 is 0 Å². The van der Waals surface area contributed by atoms with Crippen molar-refractivity contribution in [2.24, 2.45) is 0 Å². The van der Waals surface area contributed by atoms with Crippen LogP contribution in [-0.4, -0.2) is 17.8 Å². The molecule has 3 heteroatoms. The first-order chi connectivity index (χ1) is 8.33. The molecule has 0 N–H and O–H groups in total. The van der Waals surface area contributed by atoms with Crippen LogP contribution in [-0.2, 0) is 24.2 Å². The lowest BCUT2D eigenvalue weighted by Gasteiger charge is -2.03. The van der Waals surface area contributed by atoms with Gasteiger partial charge in [-0.2, -0.15) is 0 Å². The van der Waals surface area contributed by atoms with Gasteiger partial charge in [-0.05, 0) is 12.8 Å². The molecule has 1 aromatic rings. The monoisotopic (exact) mass is 239 g/mol. The molecule has 0 amide bonds. The zero-order chi connectivity index (χ0) is 12.5. The first-order valence-corrected chi connectivity index (χ1v) is 6.98. The highest BCUT2D eigenvalue weighted by Crippen LogP contribution is 2.00. The molecule has 1 aromatic heterocycles. The van der Waals surface area contributed by atoms with Crippen LogP contribution in [0.15, 0.2) is 12.4 Å². The van der Waals surface area contributed by atoms with Crippen molar-refractivity contribution in [3.8, 4) is 0 Å². The normalized spacial score (nSPS) is 11.0. The summed E-state index contributed by atoms with van der Waals surface area (Å²) >= 11 is 0. The van der Waals surface area contributed by atoms with Gasteiger partial charge in [-0.15, -0.1) is 0 Å². The van der Waals surface area contributed by atoms with Crippen molar-refractivity contribution in [2.75, 3.05) is 13.2 Å². The Balaban J connectivity index is 2.41. The molecule has 0 radical (unpaired) electrons. The van der Waals surface area contributed by atoms with E-state index in [0.717, 1.165) is 45.6 Å². The predicted octanol–water partition coefficient (Wildman–Crippen LogP) is 2.56. The molecule has 0 saturated carbocycles. The van der Waals surface area contributed by atoms with Crippen LogP contribution >= 0.6 is 0 Å². The number of imidazole rings is 1. The van der Waals surface area contributed by atoms with Crippen LogP contribution in [0.1, 0.15) is 45.9 Å². The summed E-state index contributed by atoms with van der Waals surface area (Å²) < 4.78 is 10.2. The van der Waals surface area contributed by atoms with Gasteiger partial charge >= 0.3 is 0 Å². The minimum Gasteiger partial charge on any atom is -0.381 e. The first-order valence-electron chi connectivity index (χ1n) is 6.98. The third kappa shape index (κ3) is 4.50. The Bertz CT molecular complexity index is 307. The predicted molar refractivity (Wildman–Crippen MR) is 70.0 cm³/mol. The second kappa shape index (κ2) is 8.29. The third-order valence-corrected chi connectivity index (χ3v) is 2.91. The summed E-state index contributed by atoms with van der Waals surface area (Å²) in [7, 11) is 0. The summed E-state index contributed by atoms with van der Waals surface area (Å²) in [5.41, 5.74) is 0. The topological polar surface area (TPSA) is 18.0 Å². The van der Waals surface area contributed by atoms with Gasteiger partial charge in [-0.1, -0.05) is 20.8 Å². The molecule has 0 saturated heterocycles. The Labute approximate surface area is 105 Å². The van der Waals surface area contributed by atoms with Crippen molar-refractivity contribution in [3.05, 3.63) is 18.2 Å². The van der Waals surface area contributed by atoms with Gasteiger partial charge in [0.25, 0.3) is 5.82 Å². The summed E-state index contributed by atoms with van der Waals surface area (Å²) in [4.78, 5) is 0. The van der Waals surface area contributed by atoms with Crippen LogP contribution in [0.2, 0.25) is 0 Å². The molecular formula is C14H27N2O+. The summed E-state index contributed by atoms with van der Waals surface area (Å²) in [6.07, 6.45) is 8.92. The van der Waals surface area contributed by atoms with Crippen LogP contribution in [0, 0.1) is 0 Å². The average molecular weight is 239 g/mol. The molecule has 1 rings (SSSR count). The van der Waals surface area contributed by atoms with E-state index in [2.05, 4.69) is 42.3 Å². The number of hydrogen-bond acceptors (Lipinski definition) is 1. The molecule has 0 bridgehead atoms. The molecule has 0 spiro atoms. The van der Waals surface area contributed by atoms with Gasteiger partial charge < -0.3 is 4.74 Å². The summed E-state index contributed by atoms with van der Waals surface area (Å²) in [5.74, 6) is 1.43.